The van der Waals surface area contributed by atoms with Gasteiger partial charge in [0, 0.05) is 17.2 Å². The minimum atomic E-state index is -1.22. The van der Waals surface area contributed by atoms with E-state index < -0.39 is 23.1 Å². The second-order valence-electron chi connectivity index (χ2n) is 3.25. The van der Waals surface area contributed by atoms with Gasteiger partial charge in [0.1, 0.15) is 6.42 Å². The van der Waals surface area contributed by atoms with Crippen LogP contribution in [0, 0.1) is 17.0 Å². The molecule has 0 saturated heterocycles. The van der Waals surface area contributed by atoms with Crippen molar-refractivity contribution in [2.75, 3.05) is 0 Å². The van der Waals surface area contributed by atoms with Gasteiger partial charge in [-0.2, -0.15) is 0 Å². The molecular formula is C10H9NO5. The van der Waals surface area contributed by atoms with Crippen LogP contribution >= 0.6 is 0 Å². The summed E-state index contributed by atoms with van der Waals surface area (Å²) in [7, 11) is 0. The number of nitro groups is 1. The molecule has 1 aromatic carbocycles. The fraction of sp³-hybridized carbons (Fsp3) is 0.200. The van der Waals surface area contributed by atoms with Crippen molar-refractivity contribution >= 4 is 17.4 Å². The molecule has 1 aromatic rings. The first kappa shape index (κ1) is 11.8. The average molecular weight is 223 g/mol. The van der Waals surface area contributed by atoms with E-state index in [9.17, 15) is 19.7 Å². The summed E-state index contributed by atoms with van der Waals surface area (Å²) in [6, 6.07) is 3.78. The molecule has 0 spiro atoms. The number of carboxylic acids is 1. The SMILES string of the molecule is Cc1cc(C(=O)CC(=O)O)ccc1[N+](=O)[O-]. The van der Waals surface area contributed by atoms with Crippen molar-refractivity contribution < 1.29 is 19.6 Å². The van der Waals surface area contributed by atoms with Gasteiger partial charge in [0.15, 0.2) is 5.78 Å². The zero-order chi connectivity index (χ0) is 12.3. The molecule has 0 atom stereocenters. The third-order valence-corrected chi connectivity index (χ3v) is 2.03. The van der Waals surface area contributed by atoms with Gasteiger partial charge in [-0.05, 0) is 19.1 Å². The fourth-order valence-corrected chi connectivity index (χ4v) is 1.27. The van der Waals surface area contributed by atoms with E-state index in [2.05, 4.69) is 0 Å². The minimum Gasteiger partial charge on any atom is -0.481 e. The van der Waals surface area contributed by atoms with E-state index in [1.165, 1.54) is 25.1 Å². The van der Waals surface area contributed by atoms with E-state index >= 15 is 0 Å². The van der Waals surface area contributed by atoms with Gasteiger partial charge in [0.2, 0.25) is 0 Å². The smallest absolute Gasteiger partial charge is 0.311 e. The van der Waals surface area contributed by atoms with E-state index in [4.69, 9.17) is 5.11 Å². The van der Waals surface area contributed by atoms with Crippen LogP contribution in [-0.2, 0) is 4.79 Å². The Hall–Kier alpha value is -2.24. The molecule has 16 heavy (non-hydrogen) atoms. The number of nitro benzene ring substituents is 1. The first-order valence-corrected chi connectivity index (χ1v) is 4.42. The lowest BCUT2D eigenvalue weighted by atomic mass is 10.0. The molecule has 0 fully saturated rings. The molecule has 1 N–H and O–H groups in total. The second kappa shape index (κ2) is 4.52. The zero-order valence-electron chi connectivity index (χ0n) is 8.47. The molecule has 0 aliphatic rings. The van der Waals surface area contributed by atoms with E-state index in [0.29, 0.717) is 5.56 Å². The summed E-state index contributed by atoms with van der Waals surface area (Å²) < 4.78 is 0. The molecule has 0 heterocycles. The molecule has 84 valence electrons. The van der Waals surface area contributed by atoms with Crippen LogP contribution in [0.1, 0.15) is 22.3 Å². The molecule has 0 aliphatic carbocycles. The van der Waals surface area contributed by atoms with Gasteiger partial charge in [-0.1, -0.05) is 0 Å². The Morgan fingerprint density at radius 2 is 2.06 bits per heavy atom. The molecule has 0 saturated carbocycles. The first-order chi connectivity index (χ1) is 7.41. The average Bonchev–Trinajstić information content (AvgIpc) is 2.15. The summed E-state index contributed by atoms with van der Waals surface area (Å²) in [6.07, 6.45) is -0.614. The lowest BCUT2D eigenvalue weighted by Gasteiger charge is -2.00. The zero-order valence-corrected chi connectivity index (χ0v) is 8.47. The van der Waals surface area contributed by atoms with Gasteiger partial charge in [-0.25, -0.2) is 0 Å². The number of Topliss-reactive ketones (excluding diaryl/α,β-unsaturated/α-hetero) is 1. The summed E-state index contributed by atoms with van der Waals surface area (Å²) in [5, 5.41) is 18.9. The fourth-order valence-electron chi connectivity index (χ4n) is 1.27. The number of rotatable bonds is 4. The molecule has 0 amide bonds. The van der Waals surface area contributed by atoms with E-state index in [0.717, 1.165) is 0 Å². The number of hydrogen-bond acceptors (Lipinski definition) is 4. The van der Waals surface area contributed by atoms with Gasteiger partial charge >= 0.3 is 5.97 Å². The molecule has 6 heteroatoms. The summed E-state index contributed by atoms with van der Waals surface area (Å²) in [5.74, 6) is -1.79. The molecule has 0 unspecified atom stereocenters. The van der Waals surface area contributed by atoms with Crippen molar-refractivity contribution in [2.45, 2.75) is 13.3 Å². The number of carbonyl (C=O) groups is 2. The Kier molecular flexibility index (Phi) is 3.34. The van der Waals surface area contributed by atoms with Crippen LogP contribution in [0.2, 0.25) is 0 Å². The van der Waals surface area contributed by atoms with Gasteiger partial charge in [-0.3, -0.25) is 19.7 Å². The van der Waals surface area contributed by atoms with Crippen LogP contribution in [-0.4, -0.2) is 21.8 Å². The molecule has 0 aromatic heterocycles. The Morgan fingerprint density at radius 1 is 1.44 bits per heavy atom. The van der Waals surface area contributed by atoms with Gasteiger partial charge < -0.3 is 5.11 Å². The van der Waals surface area contributed by atoms with Crippen LogP contribution in [0.5, 0.6) is 0 Å². The van der Waals surface area contributed by atoms with E-state index in [1.807, 2.05) is 0 Å². The van der Waals surface area contributed by atoms with Crippen LogP contribution in [0.4, 0.5) is 5.69 Å². The third kappa shape index (κ3) is 2.63. The lowest BCUT2D eigenvalue weighted by Crippen LogP contribution is -2.07. The number of aliphatic carboxylic acids is 1. The molecule has 0 aliphatic heterocycles. The molecule has 0 radical (unpaired) electrons. The number of hydrogen-bond donors (Lipinski definition) is 1. The van der Waals surface area contributed by atoms with E-state index in [1.54, 1.807) is 0 Å². The van der Waals surface area contributed by atoms with Gasteiger partial charge in [-0.15, -0.1) is 0 Å². The highest BCUT2D eigenvalue weighted by Crippen LogP contribution is 2.19. The maximum Gasteiger partial charge on any atom is 0.311 e. The van der Waals surface area contributed by atoms with Crippen LogP contribution in [0.25, 0.3) is 0 Å². The highest BCUT2D eigenvalue weighted by Gasteiger charge is 2.15. The van der Waals surface area contributed by atoms with Gasteiger partial charge in [0.05, 0.1) is 4.92 Å². The first-order valence-electron chi connectivity index (χ1n) is 4.42. The van der Waals surface area contributed by atoms with Crippen molar-refractivity contribution in [2.24, 2.45) is 0 Å². The van der Waals surface area contributed by atoms with Crippen molar-refractivity contribution in [1.29, 1.82) is 0 Å². The molecule has 1 rings (SSSR count). The maximum atomic E-state index is 11.3. The van der Waals surface area contributed by atoms with Crippen molar-refractivity contribution in [3.8, 4) is 0 Å². The third-order valence-electron chi connectivity index (χ3n) is 2.03. The standard InChI is InChI=1S/C10H9NO5/c1-6-4-7(9(12)5-10(13)14)2-3-8(6)11(15)16/h2-4H,5H2,1H3,(H,13,14). The predicted octanol–water partition coefficient (Wildman–Crippen LogP) is 1.56. The molecule has 0 bridgehead atoms. The Morgan fingerprint density at radius 3 is 2.50 bits per heavy atom. The number of benzene rings is 1. The van der Waals surface area contributed by atoms with Crippen molar-refractivity contribution in [3.05, 3.63) is 39.4 Å². The minimum absolute atomic E-state index is 0.0909. The highest BCUT2D eigenvalue weighted by molar-refractivity contribution is 6.05. The molecule has 6 nitrogen and oxygen atoms in total. The number of carboxylic acid groups (broad SMARTS) is 1. The number of aryl methyl sites for hydroxylation is 1. The summed E-state index contributed by atoms with van der Waals surface area (Å²) in [4.78, 5) is 31.6. The predicted molar refractivity (Wildman–Crippen MR) is 54.4 cm³/mol. The topological polar surface area (TPSA) is 97.5 Å². The van der Waals surface area contributed by atoms with Crippen molar-refractivity contribution in [1.82, 2.24) is 0 Å². The van der Waals surface area contributed by atoms with Crippen LogP contribution in [0.3, 0.4) is 0 Å². The largest absolute Gasteiger partial charge is 0.481 e. The number of ketones is 1. The summed E-state index contributed by atoms with van der Waals surface area (Å²) >= 11 is 0. The maximum absolute atomic E-state index is 11.3. The van der Waals surface area contributed by atoms with E-state index in [-0.39, 0.29) is 11.3 Å². The normalized spacial score (nSPS) is 9.81. The second-order valence-corrected chi connectivity index (χ2v) is 3.25. The highest BCUT2D eigenvalue weighted by atomic mass is 16.6. The summed E-state index contributed by atoms with van der Waals surface area (Å²) in [5.41, 5.74) is 0.415. The van der Waals surface area contributed by atoms with Gasteiger partial charge in [0.25, 0.3) is 5.69 Å². The lowest BCUT2D eigenvalue weighted by molar-refractivity contribution is -0.385. The Balaban J connectivity index is 3.01. The Labute approximate surface area is 90.7 Å². The van der Waals surface area contributed by atoms with Crippen LogP contribution < -0.4 is 0 Å². The number of nitrogens with zero attached hydrogens (tertiary/aromatic N) is 1. The quantitative estimate of drug-likeness (QED) is 0.361. The van der Waals surface area contributed by atoms with Crippen LogP contribution in [0.15, 0.2) is 18.2 Å². The summed E-state index contributed by atoms with van der Waals surface area (Å²) in [6.45, 7) is 1.50. The number of carbonyl (C=O) groups excluding carboxylic acids is 1. The monoisotopic (exact) mass is 223 g/mol. The molecular weight excluding hydrogens is 214 g/mol. The van der Waals surface area contributed by atoms with Crippen molar-refractivity contribution in [3.63, 3.8) is 0 Å². The Bertz CT molecular complexity index is 466.